The Hall–Kier alpha value is -1.67. The monoisotopic (exact) mass is 272 g/mol. The fourth-order valence-electron chi connectivity index (χ4n) is 2.52. The lowest BCUT2D eigenvalue weighted by atomic mass is 9.98. The molecule has 1 N–H and O–H groups in total. The predicted molar refractivity (Wildman–Crippen MR) is 81.8 cm³/mol. The molecule has 0 amide bonds. The second-order valence-electron chi connectivity index (χ2n) is 5.01. The van der Waals surface area contributed by atoms with Crippen molar-refractivity contribution in [3.05, 3.63) is 59.1 Å². The summed E-state index contributed by atoms with van der Waals surface area (Å²) in [6.45, 7) is 2.25. The van der Waals surface area contributed by atoms with Crippen LogP contribution in [0, 0.1) is 0 Å². The Balaban J connectivity index is 1.89. The van der Waals surface area contributed by atoms with Crippen LogP contribution in [0.1, 0.15) is 18.9 Å². The normalized spacial score (nSPS) is 18.0. The highest BCUT2D eigenvalue weighted by Crippen LogP contribution is 2.30. The number of nitrogens with one attached hydrogen (secondary N) is 1. The minimum Gasteiger partial charge on any atom is -0.298 e. The first kappa shape index (κ1) is 12.4. The van der Waals surface area contributed by atoms with E-state index in [9.17, 15) is 0 Å². The maximum atomic E-state index is 5.92. The summed E-state index contributed by atoms with van der Waals surface area (Å²) in [7, 11) is 0. The summed E-state index contributed by atoms with van der Waals surface area (Å²) in [5.74, 6) is 0. The molecule has 1 aliphatic rings. The number of para-hydroxylation sites is 1. The number of fused-ring (bicyclic) bond motifs is 1. The Bertz CT molecular complexity index is 565. The van der Waals surface area contributed by atoms with Crippen molar-refractivity contribution in [1.29, 1.82) is 0 Å². The zero-order valence-corrected chi connectivity index (χ0v) is 11.7. The Morgan fingerprint density at radius 2 is 1.84 bits per heavy atom. The molecule has 1 aliphatic heterocycles. The standard InChI is InChI=1S/C16H17ClN2/c1-12-6-7-13-4-2-3-5-16(13)19(12)18-15-10-8-14(17)9-11-15/h2-5,8-12,18H,6-7H2,1H3. The molecule has 2 aromatic carbocycles. The zero-order valence-electron chi connectivity index (χ0n) is 10.9. The highest BCUT2D eigenvalue weighted by molar-refractivity contribution is 6.30. The minimum absolute atomic E-state index is 0.477. The molecule has 3 heteroatoms. The van der Waals surface area contributed by atoms with E-state index in [-0.39, 0.29) is 0 Å². The molecule has 1 unspecified atom stereocenters. The van der Waals surface area contributed by atoms with Crippen molar-refractivity contribution in [2.75, 3.05) is 10.4 Å². The van der Waals surface area contributed by atoms with E-state index >= 15 is 0 Å². The smallest absolute Gasteiger partial charge is 0.0607 e. The average molecular weight is 273 g/mol. The molecule has 19 heavy (non-hydrogen) atoms. The molecular formula is C16H17ClN2. The third kappa shape index (κ3) is 2.54. The van der Waals surface area contributed by atoms with Crippen molar-refractivity contribution < 1.29 is 0 Å². The van der Waals surface area contributed by atoms with Gasteiger partial charge in [0.15, 0.2) is 0 Å². The molecule has 0 fully saturated rings. The van der Waals surface area contributed by atoms with Crippen LogP contribution in [0.5, 0.6) is 0 Å². The number of hydrazine groups is 1. The zero-order chi connectivity index (χ0) is 13.2. The van der Waals surface area contributed by atoms with E-state index in [0.29, 0.717) is 6.04 Å². The van der Waals surface area contributed by atoms with Crippen molar-refractivity contribution in [2.24, 2.45) is 0 Å². The van der Waals surface area contributed by atoms with Crippen LogP contribution in [0.25, 0.3) is 0 Å². The van der Waals surface area contributed by atoms with Crippen LogP contribution >= 0.6 is 11.6 Å². The van der Waals surface area contributed by atoms with E-state index in [2.05, 4.69) is 41.6 Å². The van der Waals surface area contributed by atoms with Crippen molar-refractivity contribution in [1.82, 2.24) is 0 Å². The summed E-state index contributed by atoms with van der Waals surface area (Å²) >= 11 is 5.92. The number of hydrogen-bond acceptors (Lipinski definition) is 2. The number of aryl methyl sites for hydroxylation is 1. The van der Waals surface area contributed by atoms with Crippen LogP contribution < -0.4 is 10.4 Å². The van der Waals surface area contributed by atoms with Gasteiger partial charge in [0.05, 0.1) is 11.4 Å². The Morgan fingerprint density at radius 1 is 1.11 bits per heavy atom. The fourth-order valence-corrected chi connectivity index (χ4v) is 2.65. The molecule has 0 saturated carbocycles. The first-order valence-corrected chi connectivity index (χ1v) is 7.01. The van der Waals surface area contributed by atoms with Crippen LogP contribution in [0.15, 0.2) is 48.5 Å². The van der Waals surface area contributed by atoms with Gasteiger partial charge in [0.25, 0.3) is 0 Å². The maximum absolute atomic E-state index is 5.92. The van der Waals surface area contributed by atoms with E-state index in [1.54, 1.807) is 0 Å². The SMILES string of the molecule is CC1CCc2ccccc2N1Nc1ccc(Cl)cc1. The lowest BCUT2D eigenvalue weighted by Crippen LogP contribution is -2.41. The number of anilines is 2. The van der Waals surface area contributed by atoms with Crippen LogP contribution in [0.4, 0.5) is 11.4 Å². The van der Waals surface area contributed by atoms with Crippen LogP contribution in [0.3, 0.4) is 0 Å². The third-order valence-corrected chi connectivity index (χ3v) is 3.87. The van der Waals surface area contributed by atoms with E-state index in [1.165, 1.54) is 11.3 Å². The molecule has 0 spiro atoms. The van der Waals surface area contributed by atoms with Crippen LogP contribution in [-0.2, 0) is 6.42 Å². The quantitative estimate of drug-likeness (QED) is 0.865. The van der Waals surface area contributed by atoms with Gasteiger partial charge < -0.3 is 0 Å². The minimum atomic E-state index is 0.477. The van der Waals surface area contributed by atoms with Crippen molar-refractivity contribution >= 4 is 23.0 Å². The molecule has 0 radical (unpaired) electrons. The Morgan fingerprint density at radius 3 is 2.63 bits per heavy atom. The Kier molecular flexibility index (Phi) is 3.34. The number of rotatable bonds is 2. The van der Waals surface area contributed by atoms with E-state index in [0.717, 1.165) is 23.6 Å². The van der Waals surface area contributed by atoms with Crippen LogP contribution in [-0.4, -0.2) is 6.04 Å². The Labute approximate surface area is 119 Å². The lowest BCUT2D eigenvalue weighted by Gasteiger charge is -2.37. The highest BCUT2D eigenvalue weighted by Gasteiger charge is 2.22. The van der Waals surface area contributed by atoms with E-state index in [1.807, 2.05) is 24.3 Å². The van der Waals surface area contributed by atoms with Gasteiger partial charge in [-0.3, -0.25) is 10.4 Å². The highest BCUT2D eigenvalue weighted by atomic mass is 35.5. The van der Waals surface area contributed by atoms with Gasteiger partial charge in [0.1, 0.15) is 0 Å². The van der Waals surface area contributed by atoms with Crippen molar-refractivity contribution in [3.63, 3.8) is 0 Å². The summed E-state index contributed by atoms with van der Waals surface area (Å²) in [6.07, 6.45) is 2.31. The first-order valence-electron chi connectivity index (χ1n) is 6.63. The number of nitrogens with zero attached hydrogens (tertiary/aromatic N) is 1. The second-order valence-corrected chi connectivity index (χ2v) is 5.44. The molecule has 0 aliphatic carbocycles. The van der Waals surface area contributed by atoms with Crippen molar-refractivity contribution in [2.45, 2.75) is 25.8 Å². The molecule has 1 atom stereocenters. The van der Waals surface area contributed by atoms with E-state index in [4.69, 9.17) is 11.6 Å². The first-order chi connectivity index (χ1) is 9.24. The van der Waals surface area contributed by atoms with Gasteiger partial charge in [-0.05, 0) is 55.7 Å². The predicted octanol–water partition coefficient (Wildman–Crippen LogP) is 4.51. The average Bonchev–Trinajstić information content (AvgIpc) is 2.44. The molecule has 0 bridgehead atoms. The summed E-state index contributed by atoms with van der Waals surface area (Å²) in [5.41, 5.74) is 7.23. The molecule has 0 saturated heterocycles. The molecule has 0 aromatic heterocycles. The summed E-state index contributed by atoms with van der Waals surface area (Å²) in [5, 5.41) is 3.01. The van der Waals surface area contributed by atoms with Crippen molar-refractivity contribution in [3.8, 4) is 0 Å². The number of halogens is 1. The number of hydrogen-bond donors (Lipinski definition) is 1. The summed E-state index contributed by atoms with van der Waals surface area (Å²) in [6, 6.07) is 16.9. The summed E-state index contributed by atoms with van der Waals surface area (Å²) in [4.78, 5) is 0. The molecule has 1 heterocycles. The van der Waals surface area contributed by atoms with Gasteiger partial charge in [-0.2, -0.15) is 0 Å². The van der Waals surface area contributed by atoms with Crippen LogP contribution in [0.2, 0.25) is 5.02 Å². The van der Waals surface area contributed by atoms with E-state index < -0.39 is 0 Å². The largest absolute Gasteiger partial charge is 0.298 e. The molecule has 98 valence electrons. The van der Waals surface area contributed by atoms with Gasteiger partial charge >= 0.3 is 0 Å². The van der Waals surface area contributed by atoms with Gasteiger partial charge in [0, 0.05) is 11.1 Å². The molecule has 2 aromatic rings. The van der Waals surface area contributed by atoms with Gasteiger partial charge in [-0.15, -0.1) is 0 Å². The molecular weight excluding hydrogens is 256 g/mol. The number of benzene rings is 2. The van der Waals surface area contributed by atoms with Gasteiger partial charge in [-0.1, -0.05) is 29.8 Å². The molecule has 2 nitrogen and oxygen atoms in total. The fraction of sp³-hybridized carbons (Fsp3) is 0.250. The second kappa shape index (κ2) is 5.14. The summed E-state index contributed by atoms with van der Waals surface area (Å²) < 4.78 is 0. The van der Waals surface area contributed by atoms with Gasteiger partial charge in [-0.25, -0.2) is 0 Å². The van der Waals surface area contributed by atoms with Gasteiger partial charge in [0.2, 0.25) is 0 Å². The topological polar surface area (TPSA) is 15.3 Å². The lowest BCUT2D eigenvalue weighted by molar-refractivity contribution is 0.595. The molecule has 3 rings (SSSR count). The maximum Gasteiger partial charge on any atom is 0.0607 e. The third-order valence-electron chi connectivity index (χ3n) is 3.62.